The van der Waals surface area contributed by atoms with E-state index < -0.39 is 0 Å². The first kappa shape index (κ1) is 15.1. The second-order valence-electron chi connectivity index (χ2n) is 6.11. The Morgan fingerprint density at radius 3 is 2.20 bits per heavy atom. The summed E-state index contributed by atoms with van der Waals surface area (Å²) in [4.78, 5) is 13.8. The van der Waals surface area contributed by atoms with Crippen LogP contribution in [0.25, 0.3) is 0 Å². The molecule has 110 valence electrons. The molecule has 2 heterocycles. The maximum absolute atomic E-state index is 4.44. The highest BCUT2D eigenvalue weighted by Gasteiger charge is 2.17. The Bertz CT molecular complexity index is 430. The van der Waals surface area contributed by atoms with Crippen molar-refractivity contribution in [2.45, 2.75) is 33.2 Å². The number of rotatable bonds is 5. The third-order valence-corrected chi connectivity index (χ3v) is 3.61. The second kappa shape index (κ2) is 6.95. The van der Waals surface area contributed by atoms with Crippen LogP contribution >= 0.6 is 0 Å². The van der Waals surface area contributed by atoms with Crippen molar-refractivity contribution >= 4 is 0 Å². The first-order valence-corrected chi connectivity index (χ1v) is 7.44. The third-order valence-electron chi connectivity index (χ3n) is 3.61. The fourth-order valence-corrected chi connectivity index (χ4v) is 2.49. The molecule has 1 fully saturated rings. The standard InChI is InChI=1S/C16H26N4/c1-13(2)11-19-5-7-20(8-6-19)12-15-9-17-16(14(3)4)18-10-15/h9-10,14H,1,5-8,11-12H2,2-4H3. The summed E-state index contributed by atoms with van der Waals surface area (Å²) >= 11 is 0. The SMILES string of the molecule is C=C(C)CN1CCN(Cc2cnc(C(C)C)nc2)CC1. The molecule has 0 spiro atoms. The van der Waals surface area contributed by atoms with Crippen molar-refractivity contribution in [3.8, 4) is 0 Å². The molecule has 2 rings (SSSR count). The molecule has 4 nitrogen and oxygen atoms in total. The van der Waals surface area contributed by atoms with E-state index in [1.54, 1.807) is 0 Å². The van der Waals surface area contributed by atoms with Crippen molar-refractivity contribution in [3.05, 3.63) is 35.9 Å². The van der Waals surface area contributed by atoms with Crippen molar-refractivity contribution in [2.75, 3.05) is 32.7 Å². The Kier molecular flexibility index (Phi) is 5.26. The van der Waals surface area contributed by atoms with Crippen molar-refractivity contribution in [1.29, 1.82) is 0 Å². The number of aromatic nitrogens is 2. The zero-order valence-corrected chi connectivity index (χ0v) is 13.0. The lowest BCUT2D eigenvalue weighted by Crippen LogP contribution is -2.46. The molecular weight excluding hydrogens is 248 g/mol. The zero-order chi connectivity index (χ0) is 14.5. The second-order valence-corrected chi connectivity index (χ2v) is 6.11. The quantitative estimate of drug-likeness (QED) is 0.771. The van der Waals surface area contributed by atoms with Gasteiger partial charge in [0.15, 0.2) is 0 Å². The van der Waals surface area contributed by atoms with Gasteiger partial charge < -0.3 is 0 Å². The van der Waals surface area contributed by atoms with E-state index in [9.17, 15) is 0 Å². The van der Waals surface area contributed by atoms with E-state index in [1.807, 2.05) is 12.4 Å². The summed E-state index contributed by atoms with van der Waals surface area (Å²) in [6.45, 7) is 16.8. The van der Waals surface area contributed by atoms with E-state index in [2.05, 4.69) is 47.1 Å². The number of hydrogen-bond acceptors (Lipinski definition) is 4. The van der Waals surface area contributed by atoms with Gasteiger partial charge in [-0.2, -0.15) is 0 Å². The average molecular weight is 274 g/mol. The van der Waals surface area contributed by atoms with E-state index in [0.717, 1.165) is 45.1 Å². The van der Waals surface area contributed by atoms with Gasteiger partial charge in [0.1, 0.15) is 5.82 Å². The Morgan fingerprint density at radius 2 is 1.70 bits per heavy atom. The van der Waals surface area contributed by atoms with Gasteiger partial charge in [0.25, 0.3) is 0 Å². The van der Waals surface area contributed by atoms with Crippen LogP contribution in [-0.4, -0.2) is 52.5 Å². The largest absolute Gasteiger partial charge is 0.297 e. The van der Waals surface area contributed by atoms with Crippen LogP contribution < -0.4 is 0 Å². The van der Waals surface area contributed by atoms with Crippen LogP contribution in [0.5, 0.6) is 0 Å². The molecule has 0 aromatic carbocycles. The van der Waals surface area contributed by atoms with Gasteiger partial charge >= 0.3 is 0 Å². The smallest absolute Gasteiger partial charge is 0.130 e. The molecule has 0 radical (unpaired) electrons. The summed E-state index contributed by atoms with van der Waals surface area (Å²) < 4.78 is 0. The molecular formula is C16H26N4. The van der Waals surface area contributed by atoms with E-state index >= 15 is 0 Å². The van der Waals surface area contributed by atoms with Crippen molar-refractivity contribution in [1.82, 2.24) is 19.8 Å². The summed E-state index contributed by atoms with van der Waals surface area (Å²) in [6, 6.07) is 0. The molecule has 0 aliphatic carbocycles. The van der Waals surface area contributed by atoms with Gasteiger partial charge in [0.05, 0.1) is 0 Å². The molecule has 20 heavy (non-hydrogen) atoms. The van der Waals surface area contributed by atoms with Gasteiger partial charge in [-0.05, 0) is 6.92 Å². The Morgan fingerprint density at radius 1 is 1.15 bits per heavy atom. The molecule has 1 saturated heterocycles. The monoisotopic (exact) mass is 274 g/mol. The molecule has 1 aromatic rings. The van der Waals surface area contributed by atoms with Crippen LogP contribution in [0.15, 0.2) is 24.5 Å². The maximum atomic E-state index is 4.44. The summed E-state index contributed by atoms with van der Waals surface area (Å²) in [5.41, 5.74) is 2.46. The predicted octanol–water partition coefficient (Wildman–Crippen LogP) is 2.29. The third kappa shape index (κ3) is 4.39. The highest BCUT2D eigenvalue weighted by molar-refractivity contribution is 5.07. The van der Waals surface area contributed by atoms with E-state index in [4.69, 9.17) is 0 Å². The molecule has 4 heteroatoms. The zero-order valence-electron chi connectivity index (χ0n) is 13.0. The molecule has 0 N–H and O–H groups in total. The first-order valence-electron chi connectivity index (χ1n) is 7.44. The van der Waals surface area contributed by atoms with Crippen molar-refractivity contribution in [2.24, 2.45) is 0 Å². The molecule has 0 unspecified atom stereocenters. The van der Waals surface area contributed by atoms with Crippen LogP contribution in [0.4, 0.5) is 0 Å². The molecule has 0 bridgehead atoms. The molecule has 1 aromatic heterocycles. The Hall–Kier alpha value is -1.26. The Labute approximate surface area is 122 Å². The molecule has 1 aliphatic heterocycles. The van der Waals surface area contributed by atoms with Crippen molar-refractivity contribution in [3.63, 3.8) is 0 Å². The lowest BCUT2D eigenvalue weighted by atomic mass is 10.2. The number of piperazine rings is 1. The fourth-order valence-electron chi connectivity index (χ4n) is 2.49. The number of nitrogens with zero attached hydrogens (tertiary/aromatic N) is 4. The maximum Gasteiger partial charge on any atom is 0.130 e. The minimum atomic E-state index is 0.398. The highest BCUT2D eigenvalue weighted by atomic mass is 15.3. The summed E-state index contributed by atoms with van der Waals surface area (Å²) in [6.07, 6.45) is 3.95. The van der Waals surface area contributed by atoms with E-state index in [-0.39, 0.29) is 0 Å². The Balaban J connectivity index is 1.81. The van der Waals surface area contributed by atoms with Gasteiger partial charge in [0.2, 0.25) is 0 Å². The number of hydrogen-bond donors (Lipinski definition) is 0. The topological polar surface area (TPSA) is 32.3 Å². The summed E-state index contributed by atoms with van der Waals surface area (Å²) in [7, 11) is 0. The van der Waals surface area contributed by atoms with Crippen LogP contribution in [0.3, 0.4) is 0 Å². The molecule has 1 aliphatic rings. The lowest BCUT2D eigenvalue weighted by Gasteiger charge is -2.34. The summed E-state index contributed by atoms with van der Waals surface area (Å²) in [5.74, 6) is 1.33. The van der Waals surface area contributed by atoms with Gasteiger partial charge in [0, 0.05) is 63.1 Å². The van der Waals surface area contributed by atoms with E-state index in [1.165, 1.54) is 11.1 Å². The fraction of sp³-hybridized carbons (Fsp3) is 0.625. The van der Waals surface area contributed by atoms with E-state index in [0.29, 0.717) is 5.92 Å². The van der Waals surface area contributed by atoms with Crippen LogP contribution in [0.2, 0.25) is 0 Å². The predicted molar refractivity (Wildman–Crippen MR) is 82.7 cm³/mol. The van der Waals surface area contributed by atoms with Gasteiger partial charge in [-0.1, -0.05) is 26.0 Å². The molecule has 0 amide bonds. The average Bonchev–Trinajstić information content (AvgIpc) is 2.41. The molecule has 0 atom stereocenters. The summed E-state index contributed by atoms with van der Waals surface area (Å²) in [5, 5.41) is 0. The van der Waals surface area contributed by atoms with Gasteiger partial charge in [-0.15, -0.1) is 0 Å². The first-order chi connectivity index (χ1) is 9.54. The normalized spacial score (nSPS) is 17.6. The minimum absolute atomic E-state index is 0.398. The highest BCUT2D eigenvalue weighted by Crippen LogP contribution is 2.11. The van der Waals surface area contributed by atoms with Gasteiger partial charge in [-0.25, -0.2) is 9.97 Å². The van der Waals surface area contributed by atoms with Crippen LogP contribution in [0.1, 0.15) is 38.1 Å². The molecule has 0 saturated carbocycles. The van der Waals surface area contributed by atoms with Gasteiger partial charge in [-0.3, -0.25) is 9.80 Å². The van der Waals surface area contributed by atoms with Crippen LogP contribution in [-0.2, 0) is 6.54 Å². The minimum Gasteiger partial charge on any atom is -0.297 e. The lowest BCUT2D eigenvalue weighted by molar-refractivity contribution is 0.135. The van der Waals surface area contributed by atoms with Crippen molar-refractivity contribution < 1.29 is 0 Å². The van der Waals surface area contributed by atoms with Crippen LogP contribution in [0, 0.1) is 0 Å².